The summed E-state index contributed by atoms with van der Waals surface area (Å²) in [6, 6.07) is 0. The Hall–Kier alpha value is 0.434. The lowest BCUT2D eigenvalue weighted by Crippen LogP contribution is -2.57. The van der Waals surface area contributed by atoms with Crippen molar-refractivity contribution in [3.05, 3.63) is 0 Å². The fraction of sp³-hybridized carbons (Fsp3) is 1.00. The van der Waals surface area contributed by atoms with Gasteiger partial charge in [0.25, 0.3) is 0 Å². The minimum absolute atomic E-state index is 0.960. The number of hydrogen-bond acceptors (Lipinski definition) is 0. The maximum atomic E-state index is 2.65. The van der Waals surface area contributed by atoms with E-state index in [1.165, 1.54) is 11.1 Å². The Bertz CT molecular complexity index is 306. The van der Waals surface area contributed by atoms with Gasteiger partial charge in [-0.05, 0) is 60.4 Å². The fourth-order valence-corrected chi connectivity index (χ4v) is 13.4. The van der Waals surface area contributed by atoms with Crippen molar-refractivity contribution >= 4 is 16.1 Å². The first kappa shape index (κ1) is 13.4. The van der Waals surface area contributed by atoms with Crippen LogP contribution in [0.4, 0.5) is 0 Å². The molecule has 0 amide bonds. The van der Waals surface area contributed by atoms with Crippen LogP contribution in [0.25, 0.3) is 0 Å². The lowest BCUT2D eigenvalue weighted by Gasteiger charge is -2.64. The first-order valence-electron chi connectivity index (χ1n) is 8.18. The quantitative estimate of drug-likeness (QED) is 0.588. The van der Waals surface area contributed by atoms with Gasteiger partial charge in [0.05, 0.1) is 0 Å². The zero-order valence-corrected chi connectivity index (χ0v) is 15.3. The topological polar surface area (TPSA) is 0 Å². The first-order valence-corrected chi connectivity index (χ1v) is 15.3. The highest BCUT2D eigenvalue weighted by atomic mass is 28.3. The molecule has 0 nitrogen and oxygen atoms in total. The zero-order valence-electron chi connectivity index (χ0n) is 13.3. The molecule has 4 bridgehead atoms. The lowest BCUT2D eigenvalue weighted by atomic mass is 9.55. The summed E-state index contributed by atoms with van der Waals surface area (Å²) in [6.07, 6.45) is 6.47. The zero-order chi connectivity index (χ0) is 13.3. The summed E-state index contributed by atoms with van der Waals surface area (Å²) in [5.41, 5.74) is 2.34. The highest BCUT2D eigenvalue weighted by molar-refractivity contribution is 6.79. The van der Waals surface area contributed by atoms with Crippen molar-refractivity contribution in [3.63, 3.8) is 0 Å². The van der Waals surface area contributed by atoms with Crippen molar-refractivity contribution in [2.45, 2.75) is 76.0 Å². The lowest BCUT2D eigenvalue weighted by molar-refractivity contribution is 0.0155. The molecular weight excluding hydrogens is 248 g/mol. The molecule has 0 saturated heterocycles. The maximum Gasteiger partial charge on any atom is 0.0479 e. The normalized spacial score (nSPS) is 47.7. The molecule has 0 N–H and O–H groups in total. The molecule has 0 aromatic carbocycles. The van der Waals surface area contributed by atoms with Crippen molar-refractivity contribution in [1.29, 1.82) is 0 Å². The van der Waals surface area contributed by atoms with Gasteiger partial charge in [0.1, 0.15) is 0 Å². The summed E-state index contributed by atoms with van der Waals surface area (Å²) >= 11 is 0. The van der Waals surface area contributed by atoms with Gasteiger partial charge < -0.3 is 0 Å². The molecule has 2 heteroatoms. The molecule has 0 aromatic rings. The first-order chi connectivity index (χ1) is 8.18. The van der Waals surface area contributed by atoms with Gasteiger partial charge in [-0.3, -0.25) is 0 Å². The van der Waals surface area contributed by atoms with E-state index in [0.717, 1.165) is 23.7 Å². The molecule has 18 heavy (non-hydrogen) atoms. The minimum Gasteiger partial charge on any atom is -0.0693 e. The monoisotopic (exact) mass is 280 g/mol. The summed E-state index contributed by atoms with van der Waals surface area (Å²) in [6.45, 7) is 15.9. The van der Waals surface area contributed by atoms with Crippen molar-refractivity contribution < 1.29 is 0 Å². The Balaban J connectivity index is 1.96. The molecule has 6 atom stereocenters. The molecule has 104 valence electrons. The van der Waals surface area contributed by atoms with Crippen LogP contribution >= 0.6 is 0 Å². The Morgan fingerprint density at radius 2 is 1.06 bits per heavy atom. The van der Waals surface area contributed by atoms with E-state index in [1.54, 1.807) is 25.7 Å². The van der Waals surface area contributed by atoms with Crippen LogP contribution in [-0.4, -0.2) is 16.1 Å². The van der Waals surface area contributed by atoms with Crippen LogP contribution < -0.4 is 0 Å². The standard InChI is InChI=1S/C16H32Si2/c1-17(2,3)15-12-7-11-8-13(10-12)16(14(15)9-11)18(4,5)6/h11-16H,7-10H2,1-6H3/t11?,12?,13?,14?,15-,16+. The summed E-state index contributed by atoms with van der Waals surface area (Å²) in [5.74, 6) is 4.58. The summed E-state index contributed by atoms with van der Waals surface area (Å²) in [4.78, 5) is 0. The van der Waals surface area contributed by atoms with E-state index in [1.807, 2.05) is 0 Å². The SMILES string of the molecule is C[Si](C)(C)[C@@H]1C2CC3CC(C2)[C@H]([Si](C)(C)C)C1C3. The van der Waals surface area contributed by atoms with Gasteiger partial charge in [0, 0.05) is 16.1 Å². The molecule has 4 unspecified atom stereocenters. The fourth-order valence-electron chi connectivity index (χ4n) is 6.61. The van der Waals surface area contributed by atoms with E-state index in [-0.39, 0.29) is 0 Å². The van der Waals surface area contributed by atoms with E-state index in [4.69, 9.17) is 0 Å². The van der Waals surface area contributed by atoms with Gasteiger partial charge in [0.15, 0.2) is 0 Å². The number of rotatable bonds is 2. The van der Waals surface area contributed by atoms with E-state index in [0.29, 0.717) is 0 Å². The molecule has 0 heterocycles. The van der Waals surface area contributed by atoms with E-state index in [2.05, 4.69) is 39.3 Å². The third kappa shape index (κ3) is 1.98. The summed E-state index contributed by atoms with van der Waals surface area (Å²) in [7, 11) is -1.92. The van der Waals surface area contributed by atoms with Gasteiger partial charge >= 0.3 is 0 Å². The Labute approximate surface area is 116 Å². The van der Waals surface area contributed by atoms with Crippen LogP contribution in [0.5, 0.6) is 0 Å². The number of hydrogen-bond donors (Lipinski definition) is 0. The van der Waals surface area contributed by atoms with E-state index < -0.39 is 16.1 Å². The molecule has 0 aliphatic heterocycles. The average Bonchev–Trinajstić information content (AvgIpc) is 2.10. The van der Waals surface area contributed by atoms with Gasteiger partial charge in [-0.1, -0.05) is 39.3 Å². The Kier molecular flexibility index (Phi) is 2.96. The molecule has 4 aliphatic carbocycles. The second-order valence-corrected chi connectivity index (χ2v) is 20.6. The van der Waals surface area contributed by atoms with Crippen LogP contribution in [-0.2, 0) is 0 Å². The van der Waals surface area contributed by atoms with E-state index >= 15 is 0 Å². The van der Waals surface area contributed by atoms with Gasteiger partial charge in [-0.2, -0.15) is 0 Å². The van der Waals surface area contributed by atoms with E-state index in [9.17, 15) is 0 Å². The Morgan fingerprint density at radius 1 is 0.611 bits per heavy atom. The van der Waals surface area contributed by atoms with Crippen LogP contribution in [0.1, 0.15) is 25.7 Å². The molecule has 4 aliphatic rings. The molecule has 0 spiro atoms. The predicted molar refractivity (Wildman–Crippen MR) is 86.6 cm³/mol. The minimum atomic E-state index is -0.960. The second-order valence-electron chi connectivity index (χ2n) is 9.78. The highest BCUT2D eigenvalue weighted by Gasteiger charge is 2.58. The van der Waals surface area contributed by atoms with Gasteiger partial charge in [0.2, 0.25) is 0 Å². The third-order valence-electron chi connectivity index (χ3n) is 6.42. The predicted octanol–water partition coefficient (Wildman–Crippen LogP) is 5.47. The largest absolute Gasteiger partial charge is 0.0693 e. The molecule has 0 radical (unpaired) electrons. The summed E-state index contributed by atoms with van der Waals surface area (Å²) in [5, 5.41) is 0. The molecule has 4 rings (SSSR count). The van der Waals surface area contributed by atoms with Gasteiger partial charge in [-0.25, -0.2) is 0 Å². The second kappa shape index (κ2) is 3.97. The molecular formula is C16H32Si2. The average molecular weight is 281 g/mol. The third-order valence-corrected chi connectivity index (χ3v) is 12.2. The summed E-state index contributed by atoms with van der Waals surface area (Å²) < 4.78 is 0. The highest BCUT2D eigenvalue weighted by Crippen LogP contribution is 2.67. The van der Waals surface area contributed by atoms with Crippen LogP contribution in [0.3, 0.4) is 0 Å². The smallest absolute Gasteiger partial charge is 0.0479 e. The van der Waals surface area contributed by atoms with Crippen molar-refractivity contribution in [2.24, 2.45) is 23.7 Å². The van der Waals surface area contributed by atoms with Crippen LogP contribution in [0.15, 0.2) is 0 Å². The van der Waals surface area contributed by atoms with Crippen LogP contribution in [0, 0.1) is 23.7 Å². The van der Waals surface area contributed by atoms with Crippen molar-refractivity contribution in [1.82, 2.24) is 0 Å². The van der Waals surface area contributed by atoms with Gasteiger partial charge in [-0.15, -0.1) is 0 Å². The van der Waals surface area contributed by atoms with Crippen molar-refractivity contribution in [2.75, 3.05) is 0 Å². The Morgan fingerprint density at radius 3 is 1.44 bits per heavy atom. The molecule has 0 aromatic heterocycles. The van der Waals surface area contributed by atoms with Crippen molar-refractivity contribution in [3.8, 4) is 0 Å². The molecule has 4 saturated carbocycles. The molecule has 4 fully saturated rings. The van der Waals surface area contributed by atoms with Crippen LogP contribution in [0.2, 0.25) is 50.4 Å². The maximum absolute atomic E-state index is 2.65.